The van der Waals surface area contributed by atoms with Gasteiger partial charge in [-0.25, -0.2) is 0 Å². The van der Waals surface area contributed by atoms with Gasteiger partial charge >= 0.3 is 7.32 Å². The molecule has 0 aliphatic heterocycles. The van der Waals surface area contributed by atoms with E-state index in [1.54, 1.807) is 6.07 Å². The Bertz CT molecular complexity index is 279. The first kappa shape index (κ1) is 9.67. The van der Waals surface area contributed by atoms with Crippen molar-refractivity contribution in [1.29, 1.82) is 0 Å². The van der Waals surface area contributed by atoms with Crippen molar-refractivity contribution in [3.63, 3.8) is 0 Å². The van der Waals surface area contributed by atoms with Gasteiger partial charge < -0.3 is 14.7 Å². The van der Waals surface area contributed by atoms with E-state index in [9.17, 15) is 0 Å². The lowest BCUT2D eigenvalue weighted by Gasteiger charge is -2.06. The SMILES string of the molecule is OB(O)Oc1cc(Cl)ccc1Cl. The second-order valence-corrected chi connectivity index (χ2v) is 2.86. The smallest absolute Gasteiger partial charge is 0.511 e. The molecule has 2 N–H and O–H groups in total. The minimum atomic E-state index is -1.89. The molecule has 0 fully saturated rings. The lowest BCUT2D eigenvalue weighted by atomic mass is 10.2. The summed E-state index contributed by atoms with van der Waals surface area (Å²) >= 11 is 11.2. The van der Waals surface area contributed by atoms with Crippen LogP contribution in [0.1, 0.15) is 0 Å². The van der Waals surface area contributed by atoms with Gasteiger partial charge in [-0.15, -0.1) is 0 Å². The highest BCUT2D eigenvalue weighted by atomic mass is 35.5. The van der Waals surface area contributed by atoms with Crippen molar-refractivity contribution in [2.24, 2.45) is 0 Å². The number of rotatable bonds is 2. The molecule has 12 heavy (non-hydrogen) atoms. The Labute approximate surface area is 79.7 Å². The summed E-state index contributed by atoms with van der Waals surface area (Å²) in [6.07, 6.45) is 0. The quantitative estimate of drug-likeness (QED) is 0.719. The molecule has 0 aliphatic rings. The van der Waals surface area contributed by atoms with Gasteiger partial charge in [-0.2, -0.15) is 0 Å². The van der Waals surface area contributed by atoms with Crippen molar-refractivity contribution in [1.82, 2.24) is 0 Å². The lowest BCUT2D eigenvalue weighted by molar-refractivity contribution is 0.288. The Balaban J connectivity index is 2.90. The van der Waals surface area contributed by atoms with E-state index >= 15 is 0 Å². The van der Waals surface area contributed by atoms with Crippen LogP contribution in [0.4, 0.5) is 0 Å². The van der Waals surface area contributed by atoms with Crippen LogP contribution in [0.25, 0.3) is 0 Å². The van der Waals surface area contributed by atoms with Gasteiger partial charge in [0.05, 0.1) is 5.02 Å². The summed E-state index contributed by atoms with van der Waals surface area (Å²) < 4.78 is 4.52. The maximum atomic E-state index is 8.45. The summed E-state index contributed by atoms with van der Waals surface area (Å²) in [5.74, 6) is 0.138. The molecule has 0 amide bonds. The van der Waals surface area contributed by atoms with E-state index in [1.165, 1.54) is 12.1 Å². The van der Waals surface area contributed by atoms with Crippen LogP contribution in [0.3, 0.4) is 0 Å². The van der Waals surface area contributed by atoms with Crippen LogP contribution in [-0.2, 0) is 0 Å². The molecule has 0 saturated carbocycles. The Morgan fingerprint density at radius 3 is 2.50 bits per heavy atom. The molecule has 3 nitrogen and oxygen atoms in total. The van der Waals surface area contributed by atoms with E-state index in [2.05, 4.69) is 4.65 Å². The molecule has 0 radical (unpaired) electrons. The second-order valence-electron chi connectivity index (χ2n) is 2.02. The summed E-state index contributed by atoms with van der Waals surface area (Å²) in [7, 11) is -1.89. The van der Waals surface area contributed by atoms with E-state index in [1.807, 2.05) is 0 Å². The van der Waals surface area contributed by atoms with Gasteiger partial charge in [0, 0.05) is 5.02 Å². The van der Waals surface area contributed by atoms with Crippen LogP contribution in [0.5, 0.6) is 5.75 Å². The third-order valence-electron chi connectivity index (χ3n) is 1.13. The summed E-state index contributed by atoms with van der Waals surface area (Å²) in [6, 6.07) is 4.46. The minimum Gasteiger partial charge on any atom is -0.511 e. The first-order valence-corrected chi connectivity index (χ1v) is 3.83. The fourth-order valence-electron chi connectivity index (χ4n) is 0.681. The molecule has 64 valence electrons. The van der Waals surface area contributed by atoms with Gasteiger partial charge in [-0.05, 0) is 18.2 Å². The van der Waals surface area contributed by atoms with Crippen LogP contribution >= 0.6 is 23.2 Å². The molecule has 0 saturated heterocycles. The lowest BCUT2D eigenvalue weighted by Crippen LogP contribution is -2.20. The predicted octanol–water partition coefficient (Wildman–Crippen LogP) is 1.34. The topological polar surface area (TPSA) is 49.7 Å². The molecule has 1 aromatic rings. The van der Waals surface area contributed by atoms with Gasteiger partial charge in [-0.3, -0.25) is 0 Å². The highest BCUT2D eigenvalue weighted by Crippen LogP contribution is 2.27. The molecular weight excluding hydrogens is 202 g/mol. The van der Waals surface area contributed by atoms with Crippen molar-refractivity contribution < 1.29 is 14.7 Å². The average Bonchev–Trinajstić information content (AvgIpc) is 1.96. The fourth-order valence-corrected chi connectivity index (χ4v) is 1.01. The van der Waals surface area contributed by atoms with E-state index in [4.69, 9.17) is 33.2 Å². The van der Waals surface area contributed by atoms with Gasteiger partial charge in [0.25, 0.3) is 0 Å². The van der Waals surface area contributed by atoms with Crippen molar-refractivity contribution in [3.8, 4) is 5.75 Å². The first-order chi connectivity index (χ1) is 5.59. The van der Waals surface area contributed by atoms with Crippen molar-refractivity contribution >= 4 is 30.5 Å². The molecule has 6 heteroatoms. The highest BCUT2D eigenvalue weighted by molar-refractivity contribution is 6.37. The fraction of sp³-hybridized carbons (Fsp3) is 0. The molecule has 1 rings (SSSR count). The van der Waals surface area contributed by atoms with Gasteiger partial charge in [0.15, 0.2) is 0 Å². The monoisotopic (exact) mass is 206 g/mol. The molecule has 0 atom stereocenters. The maximum absolute atomic E-state index is 8.45. The zero-order valence-electron chi connectivity index (χ0n) is 5.87. The zero-order chi connectivity index (χ0) is 9.14. The van der Waals surface area contributed by atoms with Gasteiger partial charge in [0.2, 0.25) is 0 Å². The molecular formula is C6H5BCl2O3. The molecule has 0 unspecified atom stereocenters. The molecule has 0 heterocycles. The van der Waals surface area contributed by atoms with Crippen LogP contribution in [0.15, 0.2) is 18.2 Å². The van der Waals surface area contributed by atoms with E-state index in [-0.39, 0.29) is 10.8 Å². The summed E-state index contributed by atoms with van der Waals surface area (Å²) in [6.45, 7) is 0. The Kier molecular flexibility index (Phi) is 3.23. The van der Waals surface area contributed by atoms with Crippen molar-refractivity contribution in [2.45, 2.75) is 0 Å². The van der Waals surface area contributed by atoms with Gasteiger partial charge in [-0.1, -0.05) is 23.2 Å². The average molecular weight is 207 g/mol. The first-order valence-electron chi connectivity index (χ1n) is 3.07. The summed E-state index contributed by atoms with van der Waals surface area (Å²) in [5.41, 5.74) is 0. The van der Waals surface area contributed by atoms with Crippen molar-refractivity contribution in [3.05, 3.63) is 28.2 Å². The standard InChI is InChI=1S/C6H5BCl2O3/c8-4-1-2-5(9)6(3-4)12-7(10)11/h1-3,10-11H. The molecule has 0 aliphatic carbocycles. The normalized spacial score (nSPS) is 9.67. The van der Waals surface area contributed by atoms with E-state index in [0.29, 0.717) is 5.02 Å². The van der Waals surface area contributed by atoms with Crippen LogP contribution in [0, 0.1) is 0 Å². The Hall–Kier alpha value is -0.415. The summed E-state index contributed by atoms with van der Waals surface area (Å²) in [4.78, 5) is 0. The Morgan fingerprint density at radius 2 is 1.92 bits per heavy atom. The maximum Gasteiger partial charge on any atom is 0.707 e. The van der Waals surface area contributed by atoms with Gasteiger partial charge in [0.1, 0.15) is 5.75 Å². The molecule has 0 aromatic heterocycles. The van der Waals surface area contributed by atoms with Crippen LogP contribution < -0.4 is 4.65 Å². The zero-order valence-corrected chi connectivity index (χ0v) is 7.38. The predicted molar refractivity (Wildman–Crippen MR) is 47.3 cm³/mol. The van der Waals surface area contributed by atoms with Crippen molar-refractivity contribution in [2.75, 3.05) is 0 Å². The van der Waals surface area contributed by atoms with E-state index in [0.717, 1.165) is 0 Å². The van der Waals surface area contributed by atoms with Crippen LogP contribution in [0.2, 0.25) is 10.0 Å². The third kappa shape index (κ3) is 2.57. The summed E-state index contributed by atoms with van der Waals surface area (Å²) in [5, 5.41) is 17.6. The molecule has 1 aromatic carbocycles. The van der Waals surface area contributed by atoms with E-state index < -0.39 is 7.32 Å². The number of halogens is 2. The minimum absolute atomic E-state index is 0.138. The molecule has 0 bridgehead atoms. The number of hydrogen-bond donors (Lipinski definition) is 2. The second kappa shape index (κ2) is 4.00. The highest BCUT2D eigenvalue weighted by Gasteiger charge is 2.13. The Morgan fingerprint density at radius 1 is 1.25 bits per heavy atom. The van der Waals surface area contributed by atoms with Crippen LogP contribution in [-0.4, -0.2) is 17.4 Å². The molecule has 0 spiro atoms. The largest absolute Gasteiger partial charge is 0.707 e. The number of hydrogen-bond acceptors (Lipinski definition) is 3. The third-order valence-corrected chi connectivity index (χ3v) is 1.67. The number of benzene rings is 1.